The van der Waals surface area contributed by atoms with Crippen molar-refractivity contribution in [1.82, 2.24) is 19.7 Å². The van der Waals surface area contributed by atoms with Gasteiger partial charge in [0, 0.05) is 23.0 Å². The summed E-state index contributed by atoms with van der Waals surface area (Å²) in [5.74, 6) is -0.756. The van der Waals surface area contributed by atoms with Gasteiger partial charge in [-0.05, 0) is 37.5 Å². The zero-order chi connectivity index (χ0) is 22.8. The highest BCUT2D eigenvalue weighted by molar-refractivity contribution is 6.31. The summed E-state index contributed by atoms with van der Waals surface area (Å²) in [6.07, 6.45) is 2.60. The van der Waals surface area contributed by atoms with E-state index in [1.54, 1.807) is 24.3 Å². The van der Waals surface area contributed by atoms with Crippen LogP contribution >= 0.6 is 11.6 Å². The van der Waals surface area contributed by atoms with Crippen molar-refractivity contribution in [2.75, 3.05) is 5.32 Å². The van der Waals surface area contributed by atoms with E-state index < -0.39 is 24.0 Å². The van der Waals surface area contributed by atoms with Gasteiger partial charge in [0.2, 0.25) is 5.78 Å². The van der Waals surface area contributed by atoms with Crippen molar-refractivity contribution in [3.05, 3.63) is 77.8 Å². The summed E-state index contributed by atoms with van der Waals surface area (Å²) in [6.45, 7) is 3.77. The maximum absolute atomic E-state index is 13.0. The molecular weight excluding hydrogens is 434 g/mol. The molecule has 1 radical (unpaired) electrons. The van der Waals surface area contributed by atoms with Crippen molar-refractivity contribution in [3.8, 4) is 0 Å². The molecule has 32 heavy (non-hydrogen) atoms. The van der Waals surface area contributed by atoms with Crippen LogP contribution in [0.3, 0.4) is 0 Å². The highest BCUT2D eigenvalue weighted by Gasteiger charge is 2.39. The second-order valence-corrected chi connectivity index (χ2v) is 8.11. The summed E-state index contributed by atoms with van der Waals surface area (Å²) in [4.78, 5) is 33.5. The summed E-state index contributed by atoms with van der Waals surface area (Å²) in [6, 6.07) is 7.59. The molecule has 2 heterocycles. The maximum Gasteiger partial charge on any atom is 0.218 e. The molecule has 1 aromatic carbocycles. The molecule has 1 aliphatic carbocycles. The zero-order valence-corrected chi connectivity index (χ0v) is 17.7. The average molecular weight is 455 g/mol. The van der Waals surface area contributed by atoms with Gasteiger partial charge >= 0.3 is 0 Å². The van der Waals surface area contributed by atoms with Crippen LogP contribution in [-0.2, 0) is 6.54 Å². The van der Waals surface area contributed by atoms with E-state index in [-0.39, 0.29) is 35.3 Å². The van der Waals surface area contributed by atoms with Crippen molar-refractivity contribution >= 4 is 29.0 Å². The second-order valence-electron chi connectivity index (χ2n) is 7.67. The lowest BCUT2D eigenvalue weighted by Crippen LogP contribution is -2.35. The van der Waals surface area contributed by atoms with Crippen LogP contribution in [0, 0.1) is 12.8 Å². The van der Waals surface area contributed by atoms with Gasteiger partial charge in [0.1, 0.15) is 30.5 Å². The third-order valence-corrected chi connectivity index (χ3v) is 5.64. The van der Waals surface area contributed by atoms with Crippen LogP contribution in [0.2, 0.25) is 5.02 Å². The lowest BCUT2D eigenvalue weighted by Gasteiger charge is -2.19. The molecule has 9 nitrogen and oxygen atoms in total. The number of ketones is 2. The molecule has 4 rings (SSSR count). The molecule has 3 N–H and O–H groups in total. The highest BCUT2D eigenvalue weighted by atomic mass is 35.5. The molecule has 165 valence electrons. The normalized spacial score (nSPS) is 22.6. The fourth-order valence-corrected chi connectivity index (χ4v) is 3.85. The Bertz CT molecular complexity index is 1150. The van der Waals surface area contributed by atoms with Crippen molar-refractivity contribution in [3.63, 3.8) is 0 Å². The molecule has 0 unspecified atom stereocenters. The first-order valence-electron chi connectivity index (χ1n) is 9.96. The molecule has 0 spiro atoms. The molecule has 1 aliphatic rings. The summed E-state index contributed by atoms with van der Waals surface area (Å²) in [5, 5.41) is 27.8. The minimum atomic E-state index is -1.04. The molecular formula is C22H21ClN5O4. The molecule has 1 fully saturated rings. The van der Waals surface area contributed by atoms with Crippen molar-refractivity contribution in [2.45, 2.75) is 31.2 Å². The minimum Gasteiger partial charge on any atom is -0.390 e. The van der Waals surface area contributed by atoms with Gasteiger partial charge in [-0.1, -0.05) is 23.7 Å². The molecule has 0 saturated heterocycles. The van der Waals surface area contributed by atoms with E-state index >= 15 is 0 Å². The Hall–Kier alpha value is -3.14. The van der Waals surface area contributed by atoms with Gasteiger partial charge in [0.05, 0.1) is 17.7 Å². The van der Waals surface area contributed by atoms with Crippen LogP contribution in [0.25, 0.3) is 0 Å². The van der Waals surface area contributed by atoms with Gasteiger partial charge < -0.3 is 15.5 Å². The van der Waals surface area contributed by atoms with Crippen LogP contribution in [0.4, 0.5) is 5.82 Å². The molecule has 0 amide bonds. The van der Waals surface area contributed by atoms with Crippen LogP contribution in [0.1, 0.15) is 32.8 Å². The first-order valence-corrected chi connectivity index (χ1v) is 10.3. The largest absolute Gasteiger partial charge is 0.390 e. The summed E-state index contributed by atoms with van der Waals surface area (Å²) < 4.78 is 1.37. The number of aliphatic hydroxyl groups is 2. The van der Waals surface area contributed by atoms with Crippen molar-refractivity contribution in [2.24, 2.45) is 5.92 Å². The summed E-state index contributed by atoms with van der Waals surface area (Å²) in [7, 11) is 0. The number of benzene rings is 1. The third kappa shape index (κ3) is 4.55. The topological polar surface area (TPSA) is 130 Å². The molecule has 3 aromatic rings. The quantitative estimate of drug-likeness (QED) is 0.461. The van der Waals surface area contributed by atoms with E-state index in [9.17, 15) is 19.8 Å². The Balaban J connectivity index is 1.50. The van der Waals surface area contributed by atoms with E-state index in [0.29, 0.717) is 17.0 Å². The van der Waals surface area contributed by atoms with E-state index in [0.717, 1.165) is 0 Å². The molecule has 10 heteroatoms. The molecule has 4 atom stereocenters. The average Bonchev–Trinajstić information content (AvgIpc) is 3.34. The fourth-order valence-electron chi connectivity index (χ4n) is 3.66. The van der Waals surface area contributed by atoms with Gasteiger partial charge in [0.15, 0.2) is 5.78 Å². The highest BCUT2D eigenvalue weighted by Crippen LogP contribution is 2.29. The third-order valence-electron chi connectivity index (χ3n) is 5.41. The Morgan fingerprint density at radius 1 is 1.25 bits per heavy atom. The number of aromatic nitrogens is 4. The Labute approximate surface area is 189 Å². The SMILES string of the molecule is [CH2][C@@H]1C[C@@H](Nc2ncncc2C(=O)c2ccn(CC(=O)c3cccc(Cl)c3)n2)[C@H](O)[C@@H]1O. The van der Waals surface area contributed by atoms with Crippen LogP contribution < -0.4 is 5.32 Å². The van der Waals surface area contributed by atoms with E-state index in [2.05, 4.69) is 27.3 Å². The number of carbonyl (C=O) groups is 2. The number of hydrogen-bond donors (Lipinski definition) is 3. The number of nitrogens with one attached hydrogen (secondary N) is 1. The van der Waals surface area contributed by atoms with Crippen LogP contribution in [0.15, 0.2) is 49.1 Å². The van der Waals surface area contributed by atoms with E-state index in [1.807, 2.05) is 0 Å². The number of rotatable bonds is 7. The number of Topliss-reactive ketones (excluding diaryl/α,β-unsaturated/α-hetero) is 1. The van der Waals surface area contributed by atoms with Gasteiger partial charge in [-0.3, -0.25) is 14.3 Å². The lowest BCUT2D eigenvalue weighted by atomic mass is 10.1. The summed E-state index contributed by atoms with van der Waals surface area (Å²) in [5.41, 5.74) is 0.724. The summed E-state index contributed by atoms with van der Waals surface area (Å²) >= 11 is 5.94. The van der Waals surface area contributed by atoms with Crippen LogP contribution in [0.5, 0.6) is 0 Å². The monoisotopic (exact) mass is 454 g/mol. The first kappa shape index (κ1) is 22.1. The molecule has 2 aromatic heterocycles. The van der Waals surface area contributed by atoms with Gasteiger partial charge in [-0.15, -0.1) is 0 Å². The minimum absolute atomic E-state index is 0.0545. The second kappa shape index (κ2) is 9.15. The Kier molecular flexibility index (Phi) is 6.31. The van der Waals surface area contributed by atoms with Gasteiger partial charge in [-0.25, -0.2) is 9.97 Å². The smallest absolute Gasteiger partial charge is 0.218 e. The number of nitrogens with zero attached hydrogens (tertiary/aromatic N) is 4. The van der Waals surface area contributed by atoms with Crippen molar-refractivity contribution in [1.29, 1.82) is 0 Å². The Morgan fingerprint density at radius 3 is 2.78 bits per heavy atom. The number of halogens is 1. The van der Waals surface area contributed by atoms with E-state index in [1.165, 1.54) is 29.5 Å². The fraction of sp³-hybridized carbons (Fsp3) is 0.273. The van der Waals surface area contributed by atoms with Gasteiger partial charge in [-0.2, -0.15) is 5.10 Å². The number of carbonyl (C=O) groups excluding carboxylic acids is 2. The number of aliphatic hydroxyl groups excluding tert-OH is 2. The Morgan fingerprint density at radius 2 is 2.06 bits per heavy atom. The van der Waals surface area contributed by atoms with Crippen molar-refractivity contribution < 1.29 is 19.8 Å². The molecule has 1 saturated carbocycles. The predicted molar refractivity (Wildman–Crippen MR) is 116 cm³/mol. The number of hydrogen-bond acceptors (Lipinski definition) is 8. The predicted octanol–water partition coefficient (Wildman–Crippen LogP) is 1.80. The molecule has 0 aliphatic heterocycles. The first-order chi connectivity index (χ1) is 15.3. The maximum atomic E-state index is 13.0. The standard InChI is InChI=1S/C22H21ClN5O4/c1-12-7-17(21(32)19(12)30)26-22-15(9-24-11-25-22)20(31)16-5-6-28(27-16)10-18(29)13-3-2-4-14(23)8-13/h2-6,8-9,11-12,17,19,21,30,32H,1,7,10H2,(H,24,25,26)/t12-,17-,19-,21+/m1/s1. The zero-order valence-electron chi connectivity index (χ0n) is 16.9. The van der Waals surface area contributed by atoms with Crippen LogP contribution in [-0.4, -0.2) is 59.8 Å². The number of anilines is 1. The van der Waals surface area contributed by atoms with Gasteiger partial charge in [0.25, 0.3) is 0 Å². The van der Waals surface area contributed by atoms with E-state index in [4.69, 9.17) is 11.6 Å². The molecule has 0 bridgehead atoms. The lowest BCUT2D eigenvalue weighted by molar-refractivity contribution is 0.0256.